The van der Waals surface area contributed by atoms with Crippen molar-refractivity contribution in [2.24, 2.45) is 0 Å². The van der Waals surface area contributed by atoms with Gasteiger partial charge >= 0.3 is 0 Å². The van der Waals surface area contributed by atoms with Crippen LogP contribution in [0.2, 0.25) is 0 Å². The average Bonchev–Trinajstić information content (AvgIpc) is 2.98. The SMILES string of the molecule is CCCc1ccc(-c2ccc(Nc3ccc(-c4cc(CC)c(-c5ccc(Br)cc5C)cc4CC)c(C)c3)cc2)cc1. The summed E-state index contributed by atoms with van der Waals surface area (Å²) in [5.41, 5.74) is 16.8. The third-order valence-electron chi connectivity index (χ3n) is 8.09. The molecule has 2 heteroatoms. The molecule has 41 heavy (non-hydrogen) atoms. The van der Waals surface area contributed by atoms with Crippen LogP contribution in [-0.2, 0) is 19.3 Å². The van der Waals surface area contributed by atoms with E-state index < -0.39 is 0 Å². The van der Waals surface area contributed by atoms with E-state index in [2.05, 4.69) is 153 Å². The van der Waals surface area contributed by atoms with Gasteiger partial charge in [0.2, 0.25) is 0 Å². The number of anilines is 2. The second-order valence-electron chi connectivity index (χ2n) is 11.0. The van der Waals surface area contributed by atoms with Gasteiger partial charge in [-0.1, -0.05) is 104 Å². The van der Waals surface area contributed by atoms with E-state index in [9.17, 15) is 0 Å². The fourth-order valence-electron chi connectivity index (χ4n) is 5.81. The Bertz CT molecular complexity index is 1650. The third kappa shape index (κ3) is 6.49. The van der Waals surface area contributed by atoms with Crippen LogP contribution in [0.3, 0.4) is 0 Å². The van der Waals surface area contributed by atoms with Crippen LogP contribution in [0.4, 0.5) is 11.4 Å². The maximum atomic E-state index is 3.62. The van der Waals surface area contributed by atoms with E-state index in [1.54, 1.807) is 0 Å². The van der Waals surface area contributed by atoms with Crippen molar-refractivity contribution in [3.05, 3.63) is 129 Å². The van der Waals surface area contributed by atoms with Gasteiger partial charge in [-0.25, -0.2) is 0 Å². The smallest absolute Gasteiger partial charge is 0.0387 e. The van der Waals surface area contributed by atoms with Crippen LogP contribution < -0.4 is 5.32 Å². The molecule has 5 aromatic carbocycles. The van der Waals surface area contributed by atoms with Gasteiger partial charge < -0.3 is 5.32 Å². The van der Waals surface area contributed by atoms with Gasteiger partial charge in [-0.2, -0.15) is 0 Å². The quantitative estimate of drug-likeness (QED) is 0.177. The molecule has 0 aliphatic rings. The average molecular weight is 603 g/mol. The summed E-state index contributed by atoms with van der Waals surface area (Å²) in [6.07, 6.45) is 4.31. The second-order valence-corrected chi connectivity index (χ2v) is 11.9. The molecule has 0 aliphatic heterocycles. The summed E-state index contributed by atoms with van der Waals surface area (Å²) in [6, 6.07) is 35.9. The molecule has 1 nitrogen and oxygen atoms in total. The summed E-state index contributed by atoms with van der Waals surface area (Å²) in [7, 11) is 0. The minimum Gasteiger partial charge on any atom is -0.356 e. The lowest BCUT2D eigenvalue weighted by atomic mass is 9.86. The van der Waals surface area contributed by atoms with Crippen molar-refractivity contribution in [2.75, 3.05) is 5.32 Å². The van der Waals surface area contributed by atoms with Gasteiger partial charge in [-0.15, -0.1) is 0 Å². The van der Waals surface area contributed by atoms with Gasteiger partial charge in [0, 0.05) is 15.8 Å². The van der Waals surface area contributed by atoms with E-state index in [4.69, 9.17) is 0 Å². The molecule has 1 N–H and O–H groups in total. The Morgan fingerprint density at radius 1 is 0.537 bits per heavy atom. The Kier molecular flexibility index (Phi) is 9.10. The van der Waals surface area contributed by atoms with Gasteiger partial charge in [0.1, 0.15) is 0 Å². The lowest BCUT2D eigenvalue weighted by Gasteiger charge is -2.19. The number of benzene rings is 5. The van der Waals surface area contributed by atoms with Crippen LogP contribution in [0, 0.1) is 13.8 Å². The topological polar surface area (TPSA) is 12.0 Å². The molecule has 0 aliphatic carbocycles. The van der Waals surface area contributed by atoms with Crippen LogP contribution >= 0.6 is 15.9 Å². The number of hydrogen-bond acceptors (Lipinski definition) is 1. The zero-order valence-electron chi connectivity index (χ0n) is 24.9. The first-order valence-corrected chi connectivity index (χ1v) is 15.7. The highest BCUT2D eigenvalue weighted by atomic mass is 79.9. The maximum Gasteiger partial charge on any atom is 0.0387 e. The Hall–Kier alpha value is -3.62. The molecule has 0 spiro atoms. The van der Waals surface area contributed by atoms with Crippen molar-refractivity contribution >= 4 is 27.3 Å². The number of rotatable bonds is 9. The fraction of sp³-hybridized carbons (Fsp3) is 0.231. The van der Waals surface area contributed by atoms with Crippen molar-refractivity contribution in [3.8, 4) is 33.4 Å². The van der Waals surface area contributed by atoms with Crippen molar-refractivity contribution in [1.29, 1.82) is 0 Å². The Morgan fingerprint density at radius 2 is 1.05 bits per heavy atom. The zero-order valence-corrected chi connectivity index (χ0v) is 26.5. The normalized spacial score (nSPS) is 11.1. The van der Waals surface area contributed by atoms with Crippen LogP contribution in [-0.4, -0.2) is 0 Å². The highest BCUT2D eigenvalue weighted by Gasteiger charge is 2.15. The first-order valence-electron chi connectivity index (χ1n) is 14.9. The monoisotopic (exact) mass is 601 g/mol. The molecule has 5 aromatic rings. The lowest BCUT2D eigenvalue weighted by molar-refractivity contribution is 0.922. The van der Waals surface area contributed by atoms with Crippen LogP contribution in [0.25, 0.3) is 33.4 Å². The van der Waals surface area contributed by atoms with Crippen molar-refractivity contribution in [1.82, 2.24) is 0 Å². The van der Waals surface area contributed by atoms with E-state index in [1.165, 1.54) is 67.6 Å². The van der Waals surface area contributed by atoms with E-state index in [-0.39, 0.29) is 0 Å². The molecule has 0 bridgehead atoms. The number of aryl methyl sites for hydroxylation is 5. The summed E-state index contributed by atoms with van der Waals surface area (Å²) >= 11 is 3.62. The number of hydrogen-bond donors (Lipinski definition) is 1. The minimum atomic E-state index is 0.995. The van der Waals surface area contributed by atoms with Crippen LogP contribution in [0.5, 0.6) is 0 Å². The van der Waals surface area contributed by atoms with Gasteiger partial charge in [-0.05, 0) is 131 Å². The molecule has 0 heterocycles. The summed E-state index contributed by atoms with van der Waals surface area (Å²) in [5, 5.41) is 3.62. The summed E-state index contributed by atoms with van der Waals surface area (Å²) in [4.78, 5) is 0. The first-order chi connectivity index (χ1) is 19.9. The van der Waals surface area contributed by atoms with Gasteiger partial charge in [0.25, 0.3) is 0 Å². The van der Waals surface area contributed by atoms with E-state index in [0.29, 0.717) is 0 Å². The molecule has 0 aromatic heterocycles. The Balaban J connectivity index is 1.39. The maximum absolute atomic E-state index is 3.62. The summed E-state index contributed by atoms with van der Waals surface area (Å²) in [6.45, 7) is 11.2. The largest absolute Gasteiger partial charge is 0.356 e. The zero-order chi connectivity index (χ0) is 28.9. The highest BCUT2D eigenvalue weighted by molar-refractivity contribution is 9.10. The number of halogens is 1. The molecule has 0 saturated heterocycles. The van der Waals surface area contributed by atoms with Crippen molar-refractivity contribution in [3.63, 3.8) is 0 Å². The molecule has 0 fully saturated rings. The van der Waals surface area contributed by atoms with E-state index >= 15 is 0 Å². The minimum absolute atomic E-state index is 0.995. The van der Waals surface area contributed by atoms with Gasteiger partial charge in [0.05, 0.1) is 0 Å². The molecule has 0 saturated carbocycles. The number of nitrogens with one attached hydrogen (secondary N) is 1. The standard InChI is InChI=1S/C39H40BrN/c1-6-9-28-10-12-31(13-11-28)32-14-17-34(18-15-32)41-35-19-21-37(27(5)23-35)39-25-29(7-2)38(24-30(39)8-3)36-20-16-33(40)22-26(36)4/h10-25,41H,6-9H2,1-5H3. The summed E-state index contributed by atoms with van der Waals surface area (Å²) in [5.74, 6) is 0. The molecule has 0 atom stereocenters. The van der Waals surface area contributed by atoms with Crippen LogP contribution in [0.15, 0.2) is 102 Å². The Morgan fingerprint density at radius 3 is 1.56 bits per heavy atom. The molecular formula is C39H40BrN. The highest BCUT2D eigenvalue weighted by Crippen LogP contribution is 2.37. The van der Waals surface area contributed by atoms with Crippen molar-refractivity contribution in [2.45, 2.75) is 60.3 Å². The lowest BCUT2D eigenvalue weighted by Crippen LogP contribution is -1.98. The molecule has 208 valence electrons. The second kappa shape index (κ2) is 12.9. The van der Waals surface area contributed by atoms with Gasteiger partial charge in [0.15, 0.2) is 0 Å². The van der Waals surface area contributed by atoms with Crippen LogP contribution in [0.1, 0.15) is 55.0 Å². The van der Waals surface area contributed by atoms with E-state index in [0.717, 1.165) is 35.1 Å². The molecule has 0 amide bonds. The first kappa shape index (κ1) is 28.9. The molecule has 0 radical (unpaired) electrons. The third-order valence-corrected chi connectivity index (χ3v) is 8.58. The fourth-order valence-corrected chi connectivity index (χ4v) is 6.29. The predicted octanol–water partition coefficient (Wildman–Crippen LogP) is 11.9. The Labute approximate surface area is 254 Å². The van der Waals surface area contributed by atoms with Crippen molar-refractivity contribution < 1.29 is 0 Å². The van der Waals surface area contributed by atoms with E-state index in [1.807, 2.05) is 0 Å². The molecule has 0 unspecified atom stereocenters. The van der Waals surface area contributed by atoms with Gasteiger partial charge in [-0.3, -0.25) is 0 Å². The predicted molar refractivity (Wildman–Crippen MR) is 182 cm³/mol. The molecule has 5 rings (SSSR count). The summed E-state index contributed by atoms with van der Waals surface area (Å²) < 4.78 is 1.13. The molecular weight excluding hydrogens is 562 g/mol.